The Labute approximate surface area is 170 Å². The van der Waals surface area contributed by atoms with E-state index in [1.807, 2.05) is 28.8 Å². The van der Waals surface area contributed by atoms with Crippen molar-refractivity contribution in [2.75, 3.05) is 0 Å². The maximum absolute atomic E-state index is 12.3. The molecule has 1 amide bonds. The van der Waals surface area contributed by atoms with Crippen molar-refractivity contribution in [3.05, 3.63) is 60.4 Å². The molecular formula is C19H19BF3N3O4. The minimum Gasteiger partial charge on any atom is -0.426 e. The summed E-state index contributed by atoms with van der Waals surface area (Å²) in [5.41, 5.74) is 2.19. The van der Waals surface area contributed by atoms with Gasteiger partial charge in [0.05, 0.1) is 23.3 Å². The van der Waals surface area contributed by atoms with Crippen LogP contribution in [0.1, 0.15) is 12.0 Å². The third-order valence-electron chi connectivity index (χ3n) is 4.43. The minimum atomic E-state index is -4.79. The lowest BCUT2D eigenvalue weighted by molar-refractivity contribution is -0.274. The summed E-state index contributed by atoms with van der Waals surface area (Å²) in [5, 5.41) is 21.7. The molecular weight excluding hydrogens is 402 g/mol. The molecule has 0 fully saturated rings. The van der Waals surface area contributed by atoms with Crippen LogP contribution in [0.4, 0.5) is 13.2 Å². The molecule has 7 nitrogen and oxygen atoms in total. The fraction of sp³-hybridized carbons (Fsp3) is 0.263. The highest BCUT2D eigenvalue weighted by Gasteiger charge is 2.31. The van der Waals surface area contributed by atoms with Gasteiger partial charge in [-0.3, -0.25) is 4.79 Å². The van der Waals surface area contributed by atoms with Crippen LogP contribution in [0.2, 0.25) is 0 Å². The molecule has 30 heavy (non-hydrogen) atoms. The SMILES string of the molecule is O=C(CCn1cnc2ccccc21)N[C@@H](Cc1ccc(OC(F)(F)F)cc1)B(O)O. The Balaban J connectivity index is 1.56. The van der Waals surface area contributed by atoms with Gasteiger partial charge < -0.3 is 24.7 Å². The van der Waals surface area contributed by atoms with Crippen LogP contribution < -0.4 is 10.1 Å². The lowest BCUT2D eigenvalue weighted by Crippen LogP contribution is -2.48. The molecule has 0 aliphatic rings. The van der Waals surface area contributed by atoms with Crippen LogP contribution >= 0.6 is 0 Å². The Morgan fingerprint density at radius 2 is 1.87 bits per heavy atom. The second-order valence-electron chi connectivity index (χ2n) is 6.66. The van der Waals surface area contributed by atoms with Crippen LogP contribution in [0, 0.1) is 0 Å². The summed E-state index contributed by atoms with van der Waals surface area (Å²) < 4.78 is 42.3. The maximum atomic E-state index is 12.3. The lowest BCUT2D eigenvalue weighted by Gasteiger charge is -2.18. The number of rotatable bonds is 8. The molecule has 1 heterocycles. The number of nitrogens with one attached hydrogen (secondary N) is 1. The second-order valence-corrected chi connectivity index (χ2v) is 6.66. The number of aryl methyl sites for hydroxylation is 1. The summed E-state index contributed by atoms with van der Waals surface area (Å²) in [7, 11) is -1.84. The first-order valence-electron chi connectivity index (χ1n) is 9.11. The van der Waals surface area contributed by atoms with Crippen molar-refractivity contribution in [3.8, 4) is 5.75 Å². The highest BCUT2D eigenvalue weighted by atomic mass is 19.4. The minimum absolute atomic E-state index is 0.0176. The van der Waals surface area contributed by atoms with E-state index in [2.05, 4.69) is 15.0 Å². The van der Waals surface area contributed by atoms with Crippen LogP contribution in [0.3, 0.4) is 0 Å². The summed E-state index contributed by atoms with van der Waals surface area (Å²) in [6, 6.07) is 12.4. The number of para-hydroxylation sites is 2. The number of ether oxygens (including phenoxy) is 1. The first kappa shape index (κ1) is 21.7. The second kappa shape index (κ2) is 9.18. The Hall–Kier alpha value is -3.05. The highest BCUT2D eigenvalue weighted by molar-refractivity contribution is 6.43. The summed E-state index contributed by atoms with van der Waals surface area (Å²) in [6.45, 7) is 0.351. The number of hydrogen-bond acceptors (Lipinski definition) is 5. The van der Waals surface area contributed by atoms with Crippen LogP contribution in [-0.2, 0) is 17.8 Å². The lowest BCUT2D eigenvalue weighted by atomic mass is 9.76. The average Bonchev–Trinajstić information content (AvgIpc) is 3.09. The number of fused-ring (bicyclic) bond motifs is 1. The molecule has 0 saturated carbocycles. The predicted molar refractivity (Wildman–Crippen MR) is 103 cm³/mol. The normalized spacial score (nSPS) is 12.6. The van der Waals surface area contributed by atoms with Crippen molar-refractivity contribution in [1.29, 1.82) is 0 Å². The fourth-order valence-corrected chi connectivity index (χ4v) is 3.00. The average molecular weight is 421 g/mol. The maximum Gasteiger partial charge on any atom is 0.573 e. The number of hydrogen-bond donors (Lipinski definition) is 3. The summed E-state index contributed by atoms with van der Waals surface area (Å²) in [6.07, 6.45) is -3.06. The van der Waals surface area contributed by atoms with Gasteiger partial charge in [-0.25, -0.2) is 4.98 Å². The Kier molecular flexibility index (Phi) is 6.63. The van der Waals surface area contributed by atoms with Crippen LogP contribution in [-0.4, -0.2) is 44.9 Å². The molecule has 1 atom stereocenters. The molecule has 3 rings (SSSR count). The van der Waals surface area contributed by atoms with Crippen molar-refractivity contribution in [2.24, 2.45) is 0 Å². The number of alkyl halides is 3. The molecule has 2 aromatic carbocycles. The molecule has 0 spiro atoms. The monoisotopic (exact) mass is 421 g/mol. The third-order valence-corrected chi connectivity index (χ3v) is 4.43. The Morgan fingerprint density at radius 1 is 1.17 bits per heavy atom. The van der Waals surface area contributed by atoms with Gasteiger partial charge in [0.25, 0.3) is 0 Å². The summed E-state index contributed by atoms with van der Waals surface area (Å²) in [5.74, 6) is -1.81. The summed E-state index contributed by atoms with van der Waals surface area (Å²) in [4.78, 5) is 16.5. The number of carbonyl (C=O) groups excluding carboxylic acids is 1. The van der Waals surface area contributed by atoms with Gasteiger partial charge >= 0.3 is 13.5 Å². The van der Waals surface area contributed by atoms with Crippen LogP contribution in [0.5, 0.6) is 5.75 Å². The first-order valence-corrected chi connectivity index (χ1v) is 9.11. The van der Waals surface area contributed by atoms with E-state index in [9.17, 15) is 28.0 Å². The zero-order chi connectivity index (χ0) is 21.7. The van der Waals surface area contributed by atoms with E-state index in [4.69, 9.17) is 0 Å². The van der Waals surface area contributed by atoms with E-state index in [1.54, 1.807) is 6.33 Å². The number of carbonyl (C=O) groups is 1. The number of halogens is 3. The van der Waals surface area contributed by atoms with Crippen molar-refractivity contribution >= 4 is 24.1 Å². The van der Waals surface area contributed by atoms with E-state index in [-0.39, 0.29) is 18.6 Å². The van der Waals surface area contributed by atoms with E-state index in [1.165, 1.54) is 12.1 Å². The first-order chi connectivity index (χ1) is 14.2. The van der Waals surface area contributed by atoms with Gasteiger partial charge in [-0.15, -0.1) is 13.2 Å². The number of nitrogens with zero attached hydrogens (tertiary/aromatic N) is 2. The number of amides is 1. The summed E-state index contributed by atoms with van der Waals surface area (Å²) >= 11 is 0. The fourth-order valence-electron chi connectivity index (χ4n) is 3.00. The number of imidazole rings is 1. The van der Waals surface area contributed by atoms with Gasteiger partial charge in [-0.05, 0) is 36.2 Å². The van der Waals surface area contributed by atoms with Crippen LogP contribution in [0.15, 0.2) is 54.9 Å². The van der Waals surface area contributed by atoms with Gasteiger partial charge in [0.1, 0.15) is 5.75 Å². The molecule has 0 saturated heterocycles. The molecule has 1 aromatic heterocycles. The van der Waals surface area contributed by atoms with Crippen molar-refractivity contribution in [1.82, 2.24) is 14.9 Å². The van der Waals surface area contributed by atoms with E-state index >= 15 is 0 Å². The number of aromatic nitrogens is 2. The van der Waals surface area contributed by atoms with Gasteiger partial charge in [0, 0.05) is 13.0 Å². The van der Waals surface area contributed by atoms with Gasteiger partial charge in [-0.2, -0.15) is 0 Å². The van der Waals surface area contributed by atoms with Crippen molar-refractivity contribution in [3.63, 3.8) is 0 Å². The molecule has 3 aromatic rings. The molecule has 11 heteroatoms. The zero-order valence-corrected chi connectivity index (χ0v) is 15.7. The molecule has 0 radical (unpaired) electrons. The Bertz CT molecular complexity index is 993. The van der Waals surface area contributed by atoms with Crippen molar-refractivity contribution in [2.45, 2.75) is 31.7 Å². The van der Waals surface area contributed by atoms with Crippen molar-refractivity contribution < 1.29 is 32.8 Å². The van der Waals surface area contributed by atoms with Gasteiger partial charge in [-0.1, -0.05) is 24.3 Å². The van der Waals surface area contributed by atoms with Crippen LogP contribution in [0.25, 0.3) is 11.0 Å². The standard InChI is InChI=1S/C19H19BF3N3O4/c21-19(22,23)30-14-7-5-13(6-8-14)11-17(20(28)29)25-18(27)9-10-26-12-24-15-3-1-2-4-16(15)26/h1-8,12,17,28-29H,9-11H2,(H,25,27)/t17-/m0/s1. The van der Waals surface area contributed by atoms with Gasteiger partial charge in [0.2, 0.25) is 5.91 Å². The molecule has 0 bridgehead atoms. The van der Waals surface area contributed by atoms with E-state index in [0.29, 0.717) is 12.1 Å². The largest absolute Gasteiger partial charge is 0.573 e. The highest BCUT2D eigenvalue weighted by Crippen LogP contribution is 2.23. The third kappa shape index (κ3) is 5.98. The smallest absolute Gasteiger partial charge is 0.426 e. The number of benzene rings is 2. The topological polar surface area (TPSA) is 96.6 Å². The van der Waals surface area contributed by atoms with E-state index in [0.717, 1.165) is 23.2 Å². The molecule has 0 aliphatic carbocycles. The molecule has 0 aliphatic heterocycles. The predicted octanol–water partition coefficient (Wildman–Crippen LogP) is 2.06. The van der Waals surface area contributed by atoms with Gasteiger partial charge in [0.15, 0.2) is 0 Å². The van der Waals surface area contributed by atoms with E-state index < -0.39 is 25.3 Å². The zero-order valence-electron chi connectivity index (χ0n) is 15.7. The molecule has 158 valence electrons. The molecule has 3 N–H and O–H groups in total. The quantitative estimate of drug-likeness (QED) is 0.484. The molecule has 0 unspecified atom stereocenters. The Morgan fingerprint density at radius 3 is 2.53 bits per heavy atom.